The van der Waals surface area contributed by atoms with Crippen LogP contribution in [0.25, 0.3) is 67.5 Å². The Hall–Kier alpha value is -6.79. The number of fused-ring (bicyclic) bond motifs is 6. The average molecular weight is 642 g/mol. The van der Waals surface area contributed by atoms with E-state index >= 15 is 0 Å². The van der Waals surface area contributed by atoms with Gasteiger partial charge in [0, 0.05) is 34.3 Å². The fourth-order valence-corrected chi connectivity index (χ4v) is 7.59. The first-order valence-electron chi connectivity index (χ1n) is 16.6. The maximum absolute atomic E-state index is 6.74. The van der Waals surface area contributed by atoms with E-state index in [4.69, 9.17) is 19.4 Å². The number of nitrogens with zero attached hydrogens (tertiary/aromatic N) is 5. The van der Waals surface area contributed by atoms with E-state index in [-0.39, 0.29) is 0 Å². The monoisotopic (exact) mass is 641 g/mol. The highest BCUT2D eigenvalue weighted by atomic mass is 16.3. The maximum atomic E-state index is 6.74. The maximum Gasteiger partial charge on any atom is 0.201 e. The van der Waals surface area contributed by atoms with Gasteiger partial charge >= 0.3 is 0 Å². The van der Waals surface area contributed by atoms with E-state index in [0.717, 1.165) is 33.1 Å². The van der Waals surface area contributed by atoms with Gasteiger partial charge in [0.1, 0.15) is 11.2 Å². The van der Waals surface area contributed by atoms with Crippen LogP contribution >= 0.6 is 0 Å². The van der Waals surface area contributed by atoms with E-state index in [1.165, 1.54) is 33.4 Å². The molecule has 0 saturated heterocycles. The molecule has 1 aliphatic rings. The highest BCUT2D eigenvalue weighted by Crippen LogP contribution is 2.57. The summed E-state index contributed by atoms with van der Waals surface area (Å²) in [6.45, 7) is 0. The third-order valence-electron chi connectivity index (χ3n) is 9.74. The molecule has 9 aromatic rings. The Bertz CT molecular complexity index is 2600. The van der Waals surface area contributed by atoms with Crippen LogP contribution in [0, 0.1) is 0 Å². The van der Waals surface area contributed by atoms with Gasteiger partial charge in [0.2, 0.25) is 5.82 Å². The van der Waals surface area contributed by atoms with Gasteiger partial charge in [-0.15, -0.1) is 0 Å². The molecule has 1 aliphatic carbocycles. The lowest BCUT2D eigenvalue weighted by atomic mass is 9.67. The molecule has 0 radical (unpaired) electrons. The van der Waals surface area contributed by atoms with Gasteiger partial charge < -0.3 is 4.42 Å². The molecular formula is C44H27N5O. The van der Waals surface area contributed by atoms with Crippen LogP contribution in [-0.2, 0) is 5.41 Å². The van der Waals surface area contributed by atoms with Crippen LogP contribution in [0.5, 0.6) is 0 Å². The summed E-state index contributed by atoms with van der Waals surface area (Å²) < 4.78 is 6.74. The highest BCUT2D eigenvalue weighted by molar-refractivity contribution is 6.09. The fourth-order valence-electron chi connectivity index (χ4n) is 7.59. The lowest BCUT2D eigenvalue weighted by Crippen LogP contribution is -2.28. The van der Waals surface area contributed by atoms with Gasteiger partial charge in [-0.2, -0.15) is 0 Å². The third kappa shape index (κ3) is 4.25. The Balaban J connectivity index is 1.18. The summed E-state index contributed by atoms with van der Waals surface area (Å²) in [6.07, 6.45) is 3.38. The molecule has 0 amide bonds. The fraction of sp³-hybridized carbons (Fsp3) is 0.0227. The summed E-state index contributed by atoms with van der Waals surface area (Å²) in [5, 5.41) is 2.10. The molecule has 6 heteroatoms. The van der Waals surface area contributed by atoms with Crippen molar-refractivity contribution in [2.45, 2.75) is 5.41 Å². The quantitative estimate of drug-likeness (QED) is 0.186. The standard InChI is InChI=1S/C44H27N5O/c1-4-13-28(14-5-1)40-47-41(49-43(48-40)42-45-23-12-24-46-42)29-21-22-33-35-26-34-32-19-10-11-20-36(32)44(30-15-6-2-7-16-30,31-17-8-3-9-18-31)37(34)27-39(35)50-38(33)25-29/h1-27H. The number of benzene rings is 6. The van der Waals surface area contributed by atoms with E-state index < -0.39 is 5.41 Å². The molecule has 0 saturated carbocycles. The van der Waals surface area contributed by atoms with E-state index in [1.807, 2.05) is 36.4 Å². The Morgan fingerprint density at radius 1 is 0.400 bits per heavy atom. The lowest BCUT2D eigenvalue weighted by molar-refractivity contribution is 0.666. The average Bonchev–Trinajstić information content (AvgIpc) is 3.70. The van der Waals surface area contributed by atoms with Crippen LogP contribution in [0.15, 0.2) is 168 Å². The summed E-state index contributed by atoms with van der Waals surface area (Å²) in [5.41, 5.74) is 10.2. The molecule has 6 nitrogen and oxygen atoms in total. The Kier molecular flexibility index (Phi) is 6.29. The molecule has 0 unspecified atom stereocenters. The van der Waals surface area contributed by atoms with Crippen LogP contribution in [-0.4, -0.2) is 24.9 Å². The van der Waals surface area contributed by atoms with E-state index in [1.54, 1.807) is 18.5 Å². The van der Waals surface area contributed by atoms with E-state index in [9.17, 15) is 0 Å². The molecule has 3 heterocycles. The second-order valence-electron chi connectivity index (χ2n) is 12.5. The largest absolute Gasteiger partial charge is 0.456 e. The van der Waals surface area contributed by atoms with Crippen LogP contribution in [0.1, 0.15) is 22.3 Å². The molecule has 0 bridgehead atoms. The lowest BCUT2D eigenvalue weighted by Gasteiger charge is -2.33. The van der Waals surface area contributed by atoms with Gasteiger partial charge in [0.15, 0.2) is 17.5 Å². The third-order valence-corrected chi connectivity index (χ3v) is 9.74. The van der Waals surface area contributed by atoms with Gasteiger partial charge in [0.05, 0.1) is 5.41 Å². The van der Waals surface area contributed by atoms with Crippen molar-refractivity contribution < 1.29 is 4.42 Å². The van der Waals surface area contributed by atoms with E-state index in [2.05, 4.69) is 119 Å². The molecule has 0 spiro atoms. The molecule has 234 valence electrons. The van der Waals surface area contributed by atoms with Gasteiger partial charge in [-0.1, -0.05) is 121 Å². The Labute approximate surface area is 287 Å². The smallest absolute Gasteiger partial charge is 0.201 e. The first-order valence-corrected chi connectivity index (χ1v) is 16.6. The van der Waals surface area contributed by atoms with Gasteiger partial charge in [-0.05, 0) is 63.7 Å². The van der Waals surface area contributed by atoms with Crippen molar-refractivity contribution in [3.63, 3.8) is 0 Å². The topological polar surface area (TPSA) is 77.6 Å². The summed E-state index contributed by atoms with van der Waals surface area (Å²) >= 11 is 0. The van der Waals surface area contributed by atoms with Crippen LogP contribution in [0.4, 0.5) is 0 Å². The Morgan fingerprint density at radius 2 is 1.00 bits per heavy atom. The van der Waals surface area contributed by atoms with Crippen molar-refractivity contribution in [3.05, 3.63) is 186 Å². The number of aromatic nitrogens is 5. The van der Waals surface area contributed by atoms with Gasteiger partial charge in [-0.25, -0.2) is 24.9 Å². The highest BCUT2D eigenvalue weighted by Gasteiger charge is 2.46. The van der Waals surface area contributed by atoms with Crippen LogP contribution in [0.2, 0.25) is 0 Å². The zero-order valence-corrected chi connectivity index (χ0v) is 26.7. The SMILES string of the molecule is c1ccc(-c2nc(-c3ccc4c(c3)oc3cc5c(cc34)-c3ccccc3C5(c3ccccc3)c3ccccc3)nc(-c3ncccn3)n2)cc1. The molecule has 50 heavy (non-hydrogen) atoms. The number of hydrogen-bond acceptors (Lipinski definition) is 6. The van der Waals surface area contributed by atoms with Gasteiger partial charge in [-0.3, -0.25) is 0 Å². The van der Waals surface area contributed by atoms with E-state index in [0.29, 0.717) is 23.3 Å². The molecular weight excluding hydrogens is 615 g/mol. The first kappa shape index (κ1) is 28.2. The first-order chi connectivity index (χ1) is 24.8. The van der Waals surface area contributed by atoms with Crippen LogP contribution in [0.3, 0.4) is 0 Å². The zero-order chi connectivity index (χ0) is 33.1. The van der Waals surface area contributed by atoms with Crippen molar-refractivity contribution in [1.82, 2.24) is 24.9 Å². The minimum absolute atomic E-state index is 0.410. The van der Waals surface area contributed by atoms with Crippen molar-refractivity contribution in [1.29, 1.82) is 0 Å². The summed E-state index contributed by atoms with van der Waals surface area (Å²) in [5.74, 6) is 1.92. The predicted octanol–water partition coefficient (Wildman–Crippen LogP) is 9.93. The summed E-state index contributed by atoms with van der Waals surface area (Å²) in [7, 11) is 0. The van der Waals surface area contributed by atoms with Crippen molar-refractivity contribution in [3.8, 4) is 45.6 Å². The molecule has 0 fully saturated rings. The molecule has 10 rings (SSSR count). The predicted molar refractivity (Wildman–Crippen MR) is 196 cm³/mol. The normalized spacial score (nSPS) is 13.0. The van der Waals surface area contributed by atoms with Crippen molar-refractivity contribution >= 4 is 21.9 Å². The summed E-state index contributed by atoms with van der Waals surface area (Å²) in [6, 6.07) is 52.8. The number of rotatable bonds is 5. The molecule has 3 aromatic heterocycles. The molecule has 0 N–H and O–H groups in total. The number of hydrogen-bond donors (Lipinski definition) is 0. The van der Waals surface area contributed by atoms with Crippen LogP contribution < -0.4 is 0 Å². The second-order valence-corrected chi connectivity index (χ2v) is 12.5. The summed E-state index contributed by atoms with van der Waals surface area (Å²) in [4.78, 5) is 23.3. The van der Waals surface area contributed by atoms with Crippen molar-refractivity contribution in [2.75, 3.05) is 0 Å². The minimum Gasteiger partial charge on any atom is -0.456 e. The van der Waals surface area contributed by atoms with Crippen molar-refractivity contribution in [2.24, 2.45) is 0 Å². The molecule has 0 atom stereocenters. The minimum atomic E-state index is -0.499. The second kappa shape index (κ2) is 11.1. The molecule has 0 aliphatic heterocycles. The number of furan rings is 1. The van der Waals surface area contributed by atoms with Gasteiger partial charge in [0.25, 0.3) is 0 Å². The Morgan fingerprint density at radius 3 is 1.72 bits per heavy atom. The zero-order valence-electron chi connectivity index (χ0n) is 26.7. The molecule has 6 aromatic carbocycles.